The first-order valence-corrected chi connectivity index (χ1v) is 7.41. The number of nitrogens with zero attached hydrogens (tertiary/aromatic N) is 2. The molecular formula is C14H31N3O. The Balaban J connectivity index is 1.81. The molecule has 0 spiro atoms. The van der Waals surface area contributed by atoms with E-state index in [1.54, 1.807) is 0 Å². The molecule has 0 unspecified atom stereocenters. The van der Waals surface area contributed by atoms with E-state index in [1.165, 1.54) is 45.6 Å². The number of hydrogen-bond donors (Lipinski definition) is 1. The van der Waals surface area contributed by atoms with Crippen LogP contribution in [0.5, 0.6) is 0 Å². The number of ether oxygens (including phenoxy) is 1. The molecule has 1 N–H and O–H groups in total. The lowest BCUT2D eigenvalue weighted by Crippen LogP contribution is -2.46. The molecular weight excluding hydrogens is 226 g/mol. The Labute approximate surface area is 113 Å². The molecule has 0 amide bonds. The van der Waals surface area contributed by atoms with Crippen LogP contribution in [0.15, 0.2) is 0 Å². The molecule has 0 aromatic heterocycles. The normalized spacial score (nSPS) is 18.7. The highest BCUT2D eigenvalue weighted by atomic mass is 16.5. The van der Waals surface area contributed by atoms with Crippen LogP contribution in [0.25, 0.3) is 0 Å². The third-order valence-electron chi connectivity index (χ3n) is 3.40. The first kappa shape index (κ1) is 15.9. The summed E-state index contributed by atoms with van der Waals surface area (Å²) < 4.78 is 5.51. The smallest absolute Gasteiger partial charge is 0.0518 e. The molecule has 1 fully saturated rings. The number of hydrogen-bond acceptors (Lipinski definition) is 4. The molecule has 1 aliphatic rings. The molecule has 1 rings (SSSR count). The zero-order chi connectivity index (χ0) is 13.2. The number of piperazine rings is 1. The van der Waals surface area contributed by atoms with Crippen LogP contribution in [0.2, 0.25) is 0 Å². The lowest BCUT2D eigenvalue weighted by Gasteiger charge is -2.32. The average molecular weight is 257 g/mol. The molecule has 0 bridgehead atoms. The van der Waals surface area contributed by atoms with Gasteiger partial charge in [0.25, 0.3) is 0 Å². The van der Waals surface area contributed by atoms with E-state index in [0.29, 0.717) is 6.10 Å². The number of rotatable bonds is 9. The second kappa shape index (κ2) is 9.73. The van der Waals surface area contributed by atoms with E-state index in [9.17, 15) is 0 Å². The Morgan fingerprint density at radius 2 is 1.78 bits per heavy atom. The summed E-state index contributed by atoms with van der Waals surface area (Å²) in [4.78, 5) is 4.95. The first-order valence-electron chi connectivity index (χ1n) is 7.41. The number of likely N-dealkylation sites (N-methyl/N-ethyl adjacent to an activating group) is 1. The molecule has 1 aliphatic heterocycles. The molecule has 0 aromatic rings. The topological polar surface area (TPSA) is 27.7 Å². The van der Waals surface area contributed by atoms with Crippen molar-refractivity contribution in [1.29, 1.82) is 0 Å². The Hall–Kier alpha value is -0.160. The van der Waals surface area contributed by atoms with Gasteiger partial charge >= 0.3 is 0 Å². The van der Waals surface area contributed by atoms with Crippen molar-refractivity contribution in [3.8, 4) is 0 Å². The maximum atomic E-state index is 5.51. The van der Waals surface area contributed by atoms with Crippen molar-refractivity contribution < 1.29 is 4.74 Å². The van der Waals surface area contributed by atoms with Crippen molar-refractivity contribution in [3.63, 3.8) is 0 Å². The van der Waals surface area contributed by atoms with Crippen LogP contribution >= 0.6 is 0 Å². The summed E-state index contributed by atoms with van der Waals surface area (Å²) >= 11 is 0. The summed E-state index contributed by atoms with van der Waals surface area (Å²) in [6.07, 6.45) is 2.75. The van der Waals surface area contributed by atoms with Gasteiger partial charge < -0.3 is 15.0 Å². The highest BCUT2D eigenvalue weighted by Gasteiger charge is 2.12. The van der Waals surface area contributed by atoms with Gasteiger partial charge in [0.2, 0.25) is 0 Å². The monoisotopic (exact) mass is 257 g/mol. The summed E-state index contributed by atoms with van der Waals surface area (Å²) in [5.41, 5.74) is 0. The highest BCUT2D eigenvalue weighted by molar-refractivity contribution is 4.69. The van der Waals surface area contributed by atoms with Crippen molar-refractivity contribution in [2.24, 2.45) is 0 Å². The lowest BCUT2D eigenvalue weighted by atomic mass is 10.3. The van der Waals surface area contributed by atoms with Crippen molar-refractivity contribution in [3.05, 3.63) is 0 Å². The quantitative estimate of drug-likeness (QED) is 0.624. The van der Waals surface area contributed by atoms with Crippen LogP contribution in [-0.4, -0.2) is 75.4 Å². The largest absolute Gasteiger partial charge is 0.379 e. The minimum absolute atomic E-state index is 0.371. The van der Waals surface area contributed by atoms with E-state index < -0.39 is 0 Å². The molecule has 1 heterocycles. The van der Waals surface area contributed by atoms with E-state index >= 15 is 0 Å². The molecule has 1 saturated heterocycles. The van der Waals surface area contributed by atoms with Crippen LogP contribution in [0.1, 0.15) is 26.7 Å². The zero-order valence-electron chi connectivity index (χ0n) is 12.5. The van der Waals surface area contributed by atoms with Gasteiger partial charge in [0.05, 0.1) is 6.10 Å². The van der Waals surface area contributed by atoms with Crippen molar-refractivity contribution in [1.82, 2.24) is 15.1 Å². The molecule has 0 saturated carbocycles. The van der Waals surface area contributed by atoms with Crippen LogP contribution in [-0.2, 0) is 4.74 Å². The van der Waals surface area contributed by atoms with Gasteiger partial charge in [-0.15, -0.1) is 0 Å². The van der Waals surface area contributed by atoms with E-state index in [0.717, 1.165) is 19.7 Å². The summed E-state index contributed by atoms with van der Waals surface area (Å²) in [5, 5.41) is 3.52. The van der Waals surface area contributed by atoms with Crippen molar-refractivity contribution >= 4 is 0 Å². The zero-order valence-corrected chi connectivity index (χ0v) is 12.5. The maximum Gasteiger partial charge on any atom is 0.0518 e. The molecule has 0 aromatic carbocycles. The second-order valence-electron chi connectivity index (χ2n) is 5.52. The van der Waals surface area contributed by atoms with E-state index in [4.69, 9.17) is 4.74 Å². The predicted molar refractivity (Wildman–Crippen MR) is 77.1 cm³/mol. The molecule has 0 radical (unpaired) electrons. The molecule has 108 valence electrons. The molecule has 18 heavy (non-hydrogen) atoms. The van der Waals surface area contributed by atoms with Gasteiger partial charge in [-0.2, -0.15) is 0 Å². The van der Waals surface area contributed by atoms with Gasteiger partial charge in [0.15, 0.2) is 0 Å². The van der Waals surface area contributed by atoms with Gasteiger partial charge in [-0.1, -0.05) is 0 Å². The summed E-state index contributed by atoms with van der Waals surface area (Å²) in [7, 11) is 2.20. The molecule has 4 nitrogen and oxygen atoms in total. The van der Waals surface area contributed by atoms with Gasteiger partial charge in [-0.25, -0.2) is 0 Å². The van der Waals surface area contributed by atoms with E-state index in [-0.39, 0.29) is 0 Å². The first-order chi connectivity index (χ1) is 8.68. The standard InChI is InChI=1S/C14H31N3O/c1-14(2)18-13-5-4-6-15-7-8-17-11-9-16(3)10-12-17/h14-15H,4-13H2,1-3H3. The van der Waals surface area contributed by atoms with Crippen LogP contribution < -0.4 is 5.32 Å². The van der Waals surface area contributed by atoms with E-state index in [1.807, 2.05) is 0 Å². The van der Waals surface area contributed by atoms with Gasteiger partial charge in [0.1, 0.15) is 0 Å². The number of nitrogens with one attached hydrogen (secondary N) is 1. The number of unbranched alkanes of at least 4 members (excludes halogenated alkanes) is 1. The Morgan fingerprint density at radius 1 is 1.06 bits per heavy atom. The third-order valence-corrected chi connectivity index (χ3v) is 3.40. The Kier molecular flexibility index (Phi) is 8.59. The molecule has 4 heteroatoms. The summed E-state index contributed by atoms with van der Waals surface area (Å²) in [6, 6.07) is 0. The fourth-order valence-corrected chi connectivity index (χ4v) is 2.10. The van der Waals surface area contributed by atoms with Crippen LogP contribution in [0.3, 0.4) is 0 Å². The lowest BCUT2D eigenvalue weighted by molar-refractivity contribution is 0.0760. The second-order valence-corrected chi connectivity index (χ2v) is 5.52. The average Bonchev–Trinajstić information content (AvgIpc) is 2.34. The maximum absolute atomic E-state index is 5.51. The van der Waals surface area contributed by atoms with Gasteiger partial charge in [0, 0.05) is 45.9 Å². The van der Waals surface area contributed by atoms with Crippen molar-refractivity contribution in [2.75, 3.05) is 59.5 Å². The fourth-order valence-electron chi connectivity index (χ4n) is 2.10. The minimum Gasteiger partial charge on any atom is -0.379 e. The molecule has 0 atom stereocenters. The Bertz CT molecular complexity index is 191. The highest BCUT2D eigenvalue weighted by Crippen LogP contribution is 1.97. The minimum atomic E-state index is 0.371. The van der Waals surface area contributed by atoms with Gasteiger partial charge in [-0.3, -0.25) is 4.90 Å². The predicted octanol–water partition coefficient (Wildman–Crippen LogP) is 1.03. The molecule has 0 aliphatic carbocycles. The SMILES string of the molecule is CC(C)OCCCCNCCN1CCN(C)CC1. The van der Waals surface area contributed by atoms with Crippen LogP contribution in [0.4, 0.5) is 0 Å². The van der Waals surface area contributed by atoms with E-state index in [2.05, 4.69) is 36.0 Å². The van der Waals surface area contributed by atoms with Gasteiger partial charge in [-0.05, 0) is 40.3 Å². The Morgan fingerprint density at radius 3 is 2.44 bits per heavy atom. The van der Waals surface area contributed by atoms with Crippen molar-refractivity contribution in [2.45, 2.75) is 32.8 Å². The third kappa shape index (κ3) is 8.03. The fraction of sp³-hybridized carbons (Fsp3) is 1.00. The summed E-state index contributed by atoms with van der Waals surface area (Å²) in [5.74, 6) is 0. The summed E-state index contributed by atoms with van der Waals surface area (Å²) in [6.45, 7) is 13.4. The van der Waals surface area contributed by atoms with Crippen LogP contribution in [0, 0.1) is 0 Å².